The van der Waals surface area contributed by atoms with E-state index in [1.54, 1.807) is 6.20 Å². The van der Waals surface area contributed by atoms with Gasteiger partial charge < -0.3 is 0 Å². The van der Waals surface area contributed by atoms with Gasteiger partial charge in [-0.2, -0.15) is 0 Å². The van der Waals surface area contributed by atoms with E-state index in [1.807, 2.05) is 73.1 Å². The van der Waals surface area contributed by atoms with Crippen LogP contribution < -0.4 is 0 Å². The summed E-state index contributed by atoms with van der Waals surface area (Å²) in [6, 6.07) is 43.3. The molecule has 7 aromatic rings. The van der Waals surface area contributed by atoms with Crippen molar-refractivity contribution in [2.24, 2.45) is 0 Å². The van der Waals surface area contributed by atoms with Crippen molar-refractivity contribution < 1.29 is 0 Å². The number of rotatable bonds is 5. The molecule has 0 N–H and O–H groups in total. The van der Waals surface area contributed by atoms with E-state index >= 15 is 0 Å². The van der Waals surface area contributed by atoms with Gasteiger partial charge in [0.2, 0.25) is 0 Å². The molecular formula is C36H24N4. The molecule has 0 radical (unpaired) electrons. The maximum atomic E-state index is 5.36. The van der Waals surface area contributed by atoms with Gasteiger partial charge in [0.15, 0.2) is 0 Å². The first kappa shape index (κ1) is 23.6. The highest BCUT2D eigenvalue weighted by Crippen LogP contribution is 2.38. The maximum Gasteiger partial charge on any atom is 0.116 e. The van der Waals surface area contributed by atoms with Crippen LogP contribution in [0.1, 0.15) is 0 Å². The third-order valence-electron chi connectivity index (χ3n) is 7.04. The fourth-order valence-corrected chi connectivity index (χ4v) is 5.06. The molecule has 3 heterocycles. The van der Waals surface area contributed by atoms with E-state index in [0.29, 0.717) is 0 Å². The van der Waals surface area contributed by atoms with Crippen LogP contribution >= 0.6 is 0 Å². The van der Waals surface area contributed by atoms with E-state index in [1.165, 1.54) is 0 Å². The molecular weight excluding hydrogens is 488 g/mol. The number of nitrogens with zero attached hydrogens (tertiary/aromatic N) is 4. The molecule has 40 heavy (non-hydrogen) atoms. The Morgan fingerprint density at radius 1 is 0.350 bits per heavy atom. The SMILES string of the molecule is c1ccc(-c2nc(-c3ccc(-c4cccnc4)cc3)c(-c3nccc4ccccc34)nc2-c2ccccc2)cc1. The van der Waals surface area contributed by atoms with E-state index in [-0.39, 0.29) is 0 Å². The largest absolute Gasteiger partial charge is 0.264 e. The first-order valence-corrected chi connectivity index (χ1v) is 13.2. The van der Waals surface area contributed by atoms with Crippen molar-refractivity contribution in [2.75, 3.05) is 0 Å². The molecule has 7 rings (SSSR count). The Hall–Kier alpha value is -5.48. The van der Waals surface area contributed by atoms with Crippen molar-refractivity contribution in [1.29, 1.82) is 0 Å². The molecule has 0 saturated heterocycles. The number of benzene rings is 4. The summed E-state index contributed by atoms with van der Waals surface area (Å²) >= 11 is 0. The summed E-state index contributed by atoms with van der Waals surface area (Å²) in [5.41, 5.74) is 9.18. The highest BCUT2D eigenvalue weighted by molar-refractivity contribution is 5.98. The molecule has 0 fully saturated rings. The monoisotopic (exact) mass is 512 g/mol. The van der Waals surface area contributed by atoms with E-state index < -0.39 is 0 Å². The van der Waals surface area contributed by atoms with Crippen LogP contribution in [-0.2, 0) is 0 Å². The van der Waals surface area contributed by atoms with Gasteiger partial charge in [-0.15, -0.1) is 0 Å². The van der Waals surface area contributed by atoms with Crippen LogP contribution in [0.2, 0.25) is 0 Å². The number of hydrogen-bond acceptors (Lipinski definition) is 4. The van der Waals surface area contributed by atoms with Gasteiger partial charge in [0.05, 0.1) is 22.8 Å². The molecule has 3 aromatic heterocycles. The summed E-state index contributed by atoms with van der Waals surface area (Å²) in [5, 5.41) is 2.15. The Kier molecular flexibility index (Phi) is 6.11. The lowest BCUT2D eigenvalue weighted by Gasteiger charge is -2.16. The number of fused-ring (bicyclic) bond motifs is 1. The molecule has 0 aliphatic rings. The highest BCUT2D eigenvalue weighted by atomic mass is 14.9. The van der Waals surface area contributed by atoms with Crippen LogP contribution in [0, 0.1) is 0 Å². The molecule has 0 bridgehead atoms. The predicted octanol–water partition coefficient (Wildman–Crippen LogP) is 8.75. The zero-order valence-electron chi connectivity index (χ0n) is 21.6. The molecule has 0 saturated carbocycles. The minimum atomic E-state index is 0.754. The molecule has 0 aliphatic heterocycles. The molecule has 0 aliphatic carbocycles. The molecule has 188 valence electrons. The van der Waals surface area contributed by atoms with Crippen LogP contribution in [0.4, 0.5) is 0 Å². The van der Waals surface area contributed by atoms with Gasteiger partial charge in [0.1, 0.15) is 5.69 Å². The Morgan fingerprint density at radius 2 is 0.900 bits per heavy atom. The van der Waals surface area contributed by atoms with E-state index in [9.17, 15) is 0 Å². The Morgan fingerprint density at radius 3 is 1.57 bits per heavy atom. The normalized spacial score (nSPS) is 11.0. The summed E-state index contributed by atoms with van der Waals surface area (Å²) in [6.07, 6.45) is 5.51. The van der Waals surface area contributed by atoms with Crippen LogP contribution in [0.15, 0.2) is 146 Å². The van der Waals surface area contributed by atoms with E-state index in [4.69, 9.17) is 15.0 Å². The third kappa shape index (κ3) is 4.42. The molecule has 0 unspecified atom stereocenters. The van der Waals surface area contributed by atoms with Crippen LogP contribution in [0.5, 0.6) is 0 Å². The lowest BCUT2D eigenvalue weighted by Crippen LogP contribution is -2.02. The topological polar surface area (TPSA) is 51.6 Å². The summed E-state index contributed by atoms with van der Waals surface area (Å²) in [5.74, 6) is 0. The molecule has 4 heteroatoms. The van der Waals surface area contributed by atoms with Crippen molar-refractivity contribution in [1.82, 2.24) is 19.9 Å². The predicted molar refractivity (Wildman–Crippen MR) is 162 cm³/mol. The lowest BCUT2D eigenvalue weighted by atomic mass is 9.98. The van der Waals surface area contributed by atoms with Gasteiger partial charge in [0, 0.05) is 40.7 Å². The van der Waals surface area contributed by atoms with Crippen LogP contribution in [-0.4, -0.2) is 19.9 Å². The zero-order valence-corrected chi connectivity index (χ0v) is 21.6. The number of hydrogen-bond donors (Lipinski definition) is 0. The minimum absolute atomic E-state index is 0.754. The highest BCUT2D eigenvalue weighted by Gasteiger charge is 2.21. The molecule has 4 nitrogen and oxygen atoms in total. The summed E-state index contributed by atoms with van der Waals surface area (Å²) in [4.78, 5) is 19.9. The second-order valence-corrected chi connectivity index (χ2v) is 9.55. The molecule has 4 aromatic carbocycles. The van der Waals surface area contributed by atoms with E-state index in [2.05, 4.69) is 71.7 Å². The van der Waals surface area contributed by atoms with Crippen molar-refractivity contribution in [2.45, 2.75) is 0 Å². The molecule has 0 atom stereocenters. The van der Waals surface area contributed by atoms with Gasteiger partial charge in [-0.1, -0.05) is 115 Å². The summed E-state index contributed by atoms with van der Waals surface area (Å²) < 4.78 is 0. The Bertz CT molecular complexity index is 1910. The minimum Gasteiger partial charge on any atom is -0.264 e. The summed E-state index contributed by atoms with van der Waals surface area (Å²) in [7, 11) is 0. The zero-order chi connectivity index (χ0) is 26.7. The molecule has 0 amide bonds. The van der Waals surface area contributed by atoms with Crippen molar-refractivity contribution in [3.63, 3.8) is 0 Å². The van der Waals surface area contributed by atoms with Crippen molar-refractivity contribution in [3.8, 4) is 56.3 Å². The second-order valence-electron chi connectivity index (χ2n) is 9.55. The quantitative estimate of drug-likeness (QED) is 0.231. The lowest BCUT2D eigenvalue weighted by molar-refractivity contribution is 1.19. The van der Waals surface area contributed by atoms with Crippen LogP contribution in [0.25, 0.3) is 67.1 Å². The third-order valence-corrected chi connectivity index (χ3v) is 7.04. The van der Waals surface area contributed by atoms with Gasteiger partial charge >= 0.3 is 0 Å². The Balaban J connectivity index is 1.51. The standard InChI is InChI=1S/C36H24N4/c1-3-11-27(12-4-1)32-33(28-13-5-2-6-14-28)40-36(35-31-16-8-7-10-26(31)21-23-38-35)34(39-32)29-19-17-25(18-20-29)30-15-9-22-37-24-30/h1-24H. The van der Waals surface area contributed by atoms with Gasteiger partial charge in [-0.25, -0.2) is 9.97 Å². The fraction of sp³-hybridized carbons (Fsp3) is 0. The van der Waals surface area contributed by atoms with Crippen LogP contribution in [0.3, 0.4) is 0 Å². The summed E-state index contributed by atoms with van der Waals surface area (Å²) in [6.45, 7) is 0. The maximum absolute atomic E-state index is 5.36. The van der Waals surface area contributed by atoms with E-state index in [0.717, 1.165) is 67.1 Å². The van der Waals surface area contributed by atoms with Crippen molar-refractivity contribution >= 4 is 10.8 Å². The fourth-order valence-electron chi connectivity index (χ4n) is 5.06. The van der Waals surface area contributed by atoms with Gasteiger partial charge in [0.25, 0.3) is 0 Å². The van der Waals surface area contributed by atoms with Gasteiger partial charge in [-0.05, 0) is 28.6 Å². The smallest absolute Gasteiger partial charge is 0.116 e. The Labute approximate surface area is 232 Å². The first-order valence-electron chi connectivity index (χ1n) is 13.2. The average Bonchev–Trinajstić information content (AvgIpc) is 3.05. The first-order chi connectivity index (χ1) is 19.8. The van der Waals surface area contributed by atoms with Crippen molar-refractivity contribution in [3.05, 3.63) is 146 Å². The molecule has 0 spiro atoms. The number of pyridine rings is 2. The second kappa shape index (κ2) is 10.4. The number of aromatic nitrogens is 4. The average molecular weight is 513 g/mol. The van der Waals surface area contributed by atoms with Gasteiger partial charge in [-0.3, -0.25) is 9.97 Å².